The summed E-state index contributed by atoms with van der Waals surface area (Å²) in [5, 5.41) is 3.34. The Hall–Kier alpha value is -1.75. The van der Waals surface area contributed by atoms with Crippen LogP contribution in [0.4, 0.5) is 4.79 Å². The molecule has 1 aromatic carbocycles. The summed E-state index contributed by atoms with van der Waals surface area (Å²) in [5.41, 5.74) is 0. The van der Waals surface area contributed by atoms with Crippen LogP contribution in [0.3, 0.4) is 0 Å². The summed E-state index contributed by atoms with van der Waals surface area (Å²) in [6.07, 6.45) is 0.652. The number of ether oxygens (including phenoxy) is 1. The predicted molar refractivity (Wildman–Crippen MR) is 80.4 cm³/mol. The van der Waals surface area contributed by atoms with Crippen LogP contribution in [0.2, 0.25) is 5.02 Å². The van der Waals surface area contributed by atoms with Gasteiger partial charge in [0.05, 0.1) is 6.54 Å². The van der Waals surface area contributed by atoms with E-state index in [-0.39, 0.29) is 25.1 Å². The molecule has 0 aromatic heterocycles. The van der Waals surface area contributed by atoms with Crippen LogP contribution in [-0.4, -0.2) is 36.0 Å². The molecule has 1 fully saturated rings. The van der Waals surface area contributed by atoms with E-state index in [0.29, 0.717) is 23.1 Å². The molecule has 0 unspecified atom stereocenters. The first-order valence-electron chi connectivity index (χ1n) is 6.97. The molecule has 0 saturated carbocycles. The van der Waals surface area contributed by atoms with Crippen molar-refractivity contribution in [3.05, 3.63) is 29.3 Å². The van der Waals surface area contributed by atoms with Crippen molar-refractivity contribution in [1.29, 1.82) is 0 Å². The van der Waals surface area contributed by atoms with Gasteiger partial charge in [-0.25, -0.2) is 4.79 Å². The summed E-state index contributed by atoms with van der Waals surface area (Å²) >= 11 is 5.78. The van der Waals surface area contributed by atoms with Crippen LogP contribution in [-0.2, 0) is 4.79 Å². The van der Waals surface area contributed by atoms with Crippen LogP contribution in [0.25, 0.3) is 0 Å². The summed E-state index contributed by atoms with van der Waals surface area (Å²) in [7, 11) is 0. The van der Waals surface area contributed by atoms with Gasteiger partial charge in [0.15, 0.2) is 0 Å². The minimum atomic E-state index is -0.409. The van der Waals surface area contributed by atoms with Gasteiger partial charge in [0.2, 0.25) is 0 Å². The van der Waals surface area contributed by atoms with E-state index >= 15 is 0 Å². The second-order valence-corrected chi connectivity index (χ2v) is 5.86. The van der Waals surface area contributed by atoms with E-state index in [2.05, 4.69) is 5.32 Å². The van der Waals surface area contributed by atoms with Gasteiger partial charge in [0, 0.05) is 5.02 Å². The first-order valence-corrected chi connectivity index (χ1v) is 7.35. The largest absolute Gasteiger partial charge is 0.492 e. The lowest BCUT2D eigenvalue weighted by Gasteiger charge is -2.14. The lowest BCUT2D eigenvalue weighted by atomic mass is 10.0. The van der Waals surface area contributed by atoms with Crippen LogP contribution in [0.1, 0.15) is 20.3 Å². The fraction of sp³-hybridized carbons (Fsp3) is 0.467. The Morgan fingerprint density at radius 1 is 1.29 bits per heavy atom. The number of hydrogen-bond acceptors (Lipinski definition) is 3. The maximum absolute atomic E-state index is 12.1. The van der Waals surface area contributed by atoms with Crippen molar-refractivity contribution < 1.29 is 14.3 Å². The fourth-order valence-electron chi connectivity index (χ4n) is 2.21. The SMILES string of the molecule is CC(C)C[C@@H]1NC(=O)N(CCOc2ccc(Cl)cc2)C1=O. The molecule has 1 atom stereocenters. The molecule has 0 bridgehead atoms. The Morgan fingerprint density at radius 3 is 2.57 bits per heavy atom. The molecule has 1 saturated heterocycles. The van der Waals surface area contributed by atoms with Crippen LogP contribution >= 0.6 is 11.6 Å². The van der Waals surface area contributed by atoms with Crippen molar-refractivity contribution >= 4 is 23.5 Å². The van der Waals surface area contributed by atoms with Crippen LogP contribution in [0.5, 0.6) is 5.75 Å². The molecule has 5 nitrogen and oxygen atoms in total. The van der Waals surface area contributed by atoms with Gasteiger partial charge in [-0.2, -0.15) is 0 Å². The molecule has 0 radical (unpaired) electrons. The molecule has 2 rings (SSSR count). The van der Waals surface area contributed by atoms with Crippen LogP contribution in [0.15, 0.2) is 24.3 Å². The number of nitrogens with zero attached hydrogens (tertiary/aromatic N) is 1. The van der Waals surface area contributed by atoms with Crippen molar-refractivity contribution in [3.8, 4) is 5.75 Å². The normalized spacial score (nSPS) is 18.3. The Bertz CT molecular complexity index is 516. The summed E-state index contributed by atoms with van der Waals surface area (Å²) in [5.74, 6) is 0.836. The molecule has 114 valence electrons. The van der Waals surface area contributed by atoms with Crippen molar-refractivity contribution in [3.63, 3.8) is 0 Å². The van der Waals surface area contributed by atoms with E-state index in [4.69, 9.17) is 16.3 Å². The predicted octanol–water partition coefficient (Wildman–Crippen LogP) is 2.69. The number of amides is 3. The van der Waals surface area contributed by atoms with Crippen molar-refractivity contribution in [2.75, 3.05) is 13.2 Å². The third kappa shape index (κ3) is 4.11. The average Bonchev–Trinajstić information content (AvgIpc) is 2.67. The molecule has 0 spiro atoms. The van der Waals surface area contributed by atoms with Gasteiger partial charge < -0.3 is 10.1 Å². The number of carbonyl (C=O) groups excluding carboxylic acids is 2. The molecule has 21 heavy (non-hydrogen) atoms. The third-order valence-corrected chi connectivity index (χ3v) is 3.46. The molecule has 3 amide bonds. The number of halogens is 1. The number of carbonyl (C=O) groups is 2. The Kier molecular flexibility index (Phi) is 5.07. The molecular formula is C15H19ClN2O3. The van der Waals surface area contributed by atoms with E-state index in [0.717, 1.165) is 0 Å². The minimum absolute atomic E-state index is 0.173. The lowest BCUT2D eigenvalue weighted by molar-refractivity contribution is -0.128. The maximum Gasteiger partial charge on any atom is 0.324 e. The number of imide groups is 1. The van der Waals surface area contributed by atoms with Gasteiger partial charge in [-0.3, -0.25) is 9.69 Å². The summed E-state index contributed by atoms with van der Waals surface area (Å²) in [6, 6.07) is 6.19. The molecule has 1 heterocycles. The highest BCUT2D eigenvalue weighted by Gasteiger charge is 2.37. The summed E-state index contributed by atoms with van der Waals surface area (Å²) in [4.78, 5) is 25.1. The van der Waals surface area contributed by atoms with E-state index in [1.165, 1.54) is 4.90 Å². The topological polar surface area (TPSA) is 58.6 Å². The summed E-state index contributed by atoms with van der Waals surface area (Å²) in [6.45, 7) is 4.54. The molecular weight excluding hydrogens is 292 g/mol. The van der Waals surface area contributed by atoms with Gasteiger partial charge in [-0.15, -0.1) is 0 Å². The van der Waals surface area contributed by atoms with E-state index in [9.17, 15) is 9.59 Å². The van der Waals surface area contributed by atoms with Crippen molar-refractivity contribution in [1.82, 2.24) is 10.2 Å². The fourth-order valence-corrected chi connectivity index (χ4v) is 2.33. The summed E-state index contributed by atoms with van der Waals surface area (Å²) < 4.78 is 5.50. The monoisotopic (exact) mass is 310 g/mol. The second kappa shape index (κ2) is 6.80. The Balaban J connectivity index is 1.84. The van der Waals surface area contributed by atoms with Gasteiger partial charge in [-0.1, -0.05) is 25.4 Å². The molecule has 1 N–H and O–H groups in total. The molecule has 0 aliphatic carbocycles. The highest BCUT2D eigenvalue weighted by atomic mass is 35.5. The van der Waals surface area contributed by atoms with Gasteiger partial charge in [-0.05, 0) is 36.6 Å². The first kappa shape index (κ1) is 15.6. The Morgan fingerprint density at radius 2 is 1.95 bits per heavy atom. The van der Waals surface area contributed by atoms with Crippen LogP contribution in [0, 0.1) is 5.92 Å². The number of benzene rings is 1. The third-order valence-electron chi connectivity index (χ3n) is 3.21. The van der Waals surface area contributed by atoms with E-state index in [1.807, 2.05) is 13.8 Å². The number of urea groups is 1. The highest BCUT2D eigenvalue weighted by Crippen LogP contribution is 2.16. The van der Waals surface area contributed by atoms with Gasteiger partial charge >= 0.3 is 6.03 Å². The quantitative estimate of drug-likeness (QED) is 0.822. The minimum Gasteiger partial charge on any atom is -0.492 e. The molecule has 6 heteroatoms. The van der Waals surface area contributed by atoms with E-state index < -0.39 is 6.04 Å². The van der Waals surface area contributed by atoms with Gasteiger partial charge in [0.1, 0.15) is 18.4 Å². The zero-order valence-corrected chi connectivity index (χ0v) is 12.9. The Labute approximate surface area is 129 Å². The molecule has 1 aliphatic heterocycles. The maximum atomic E-state index is 12.1. The zero-order valence-electron chi connectivity index (χ0n) is 12.1. The first-order chi connectivity index (χ1) is 9.97. The smallest absolute Gasteiger partial charge is 0.324 e. The van der Waals surface area contributed by atoms with Crippen LogP contribution < -0.4 is 10.1 Å². The number of rotatable bonds is 6. The second-order valence-electron chi connectivity index (χ2n) is 5.42. The zero-order chi connectivity index (χ0) is 15.4. The lowest BCUT2D eigenvalue weighted by Crippen LogP contribution is -2.35. The number of hydrogen-bond donors (Lipinski definition) is 1. The molecule has 1 aliphatic rings. The molecule has 1 aromatic rings. The van der Waals surface area contributed by atoms with Crippen molar-refractivity contribution in [2.45, 2.75) is 26.3 Å². The average molecular weight is 311 g/mol. The van der Waals surface area contributed by atoms with Crippen molar-refractivity contribution in [2.24, 2.45) is 5.92 Å². The number of nitrogens with one attached hydrogen (secondary N) is 1. The van der Waals surface area contributed by atoms with Gasteiger partial charge in [0.25, 0.3) is 5.91 Å². The standard InChI is InChI=1S/C15H19ClN2O3/c1-10(2)9-13-14(19)18(15(20)17-13)7-8-21-12-5-3-11(16)4-6-12/h3-6,10,13H,7-9H2,1-2H3,(H,17,20)/t13-/m0/s1. The highest BCUT2D eigenvalue weighted by molar-refractivity contribution is 6.30. The van der Waals surface area contributed by atoms with E-state index in [1.54, 1.807) is 24.3 Å².